The maximum atomic E-state index is 6.04. The molecule has 1 N–H and O–H groups in total. The van der Waals surface area contributed by atoms with E-state index in [2.05, 4.69) is 24.2 Å². The summed E-state index contributed by atoms with van der Waals surface area (Å²) in [6.45, 7) is 4.65. The summed E-state index contributed by atoms with van der Waals surface area (Å²) in [7, 11) is 3.84. The van der Waals surface area contributed by atoms with E-state index in [0.717, 1.165) is 17.4 Å². The fraction of sp³-hybridized carbons (Fsp3) is 0.600. The highest BCUT2D eigenvalue weighted by Gasteiger charge is 2.22. The molecule has 1 saturated heterocycles. The van der Waals surface area contributed by atoms with Gasteiger partial charge in [0.25, 0.3) is 0 Å². The second kappa shape index (κ2) is 6.49. The van der Waals surface area contributed by atoms with Gasteiger partial charge < -0.3 is 15.0 Å². The first-order valence-corrected chi connectivity index (χ1v) is 7.26. The van der Waals surface area contributed by atoms with Gasteiger partial charge in [-0.05, 0) is 58.0 Å². The van der Waals surface area contributed by atoms with Gasteiger partial charge in [0.05, 0.1) is 12.1 Å². The van der Waals surface area contributed by atoms with E-state index in [1.165, 1.54) is 25.9 Å². The quantitative estimate of drug-likeness (QED) is 0.915. The van der Waals surface area contributed by atoms with Crippen LogP contribution in [-0.4, -0.2) is 38.2 Å². The summed E-state index contributed by atoms with van der Waals surface area (Å²) in [4.78, 5) is 2.40. The summed E-state index contributed by atoms with van der Waals surface area (Å²) in [5.41, 5.74) is 1.08. The average molecular weight is 283 g/mol. The number of hydrogen-bond donors (Lipinski definition) is 1. The van der Waals surface area contributed by atoms with Crippen LogP contribution >= 0.6 is 11.6 Å². The molecule has 0 saturated carbocycles. The first-order chi connectivity index (χ1) is 9.10. The fourth-order valence-electron chi connectivity index (χ4n) is 2.66. The van der Waals surface area contributed by atoms with Crippen molar-refractivity contribution in [1.82, 2.24) is 4.90 Å². The Bertz CT molecular complexity index is 417. The number of rotatable bonds is 4. The van der Waals surface area contributed by atoms with Crippen LogP contribution in [0.1, 0.15) is 19.8 Å². The van der Waals surface area contributed by atoms with Gasteiger partial charge >= 0.3 is 0 Å². The Morgan fingerprint density at radius 2 is 2.05 bits per heavy atom. The zero-order valence-electron chi connectivity index (χ0n) is 11.9. The summed E-state index contributed by atoms with van der Waals surface area (Å²) in [5.74, 6) is 1.46. The molecule has 1 aliphatic heterocycles. The molecule has 2 rings (SSSR count). The zero-order valence-corrected chi connectivity index (χ0v) is 12.7. The van der Waals surface area contributed by atoms with Crippen LogP contribution in [0.2, 0.25) is 5.02 Å². The van der Waals surface area contributed by atoms with Crippen LogP contribution in [-0.2, 0) is 0 Å². The first-order valence-electron chi connectivity index (χ1n) is 6.88. The summed E-state index contributed by atoms with van der Waals surface area (Å²) in [5, 5.41) is 4.22. The monoisotopic (exact) mass is 282 g/mol. The SMILES string of the molecule is COc1cc(NC(C)C2CCN(C)CC2)ccc1Cl. The minimum absolute atomic E-state index is 0.472. The number of ether oxygens (including phenoxy) is 1. The molecule has 1 aliphatic rings. The highest BCUT2D eigenvalue weighted by molar-refractivity contribution is 6.32. The van der Waals surface area contributed by atoms with Crippen LogP contribution in [0.3, 0.4) is 0 Å². The van der Waals surface area contributed by atoms with Crippen molar-refractivity contribution in [3.63, 3.8) is 0 Å². The van der Waals surface area contributed by atoms with E-state index >= 15 is 0 Å². The highest BCUT2D eigenvalue weighted by Crippen LogP contribution is 2.29. The maximum Gasteiger partial charge on any atom is 0.139 e. The van der Waals surface area contributed by atoms with E-state index in [4.69, 9.17) is 16.3 Å². The number of anilines is 1. The summed E-state index contributed by atoms with van der Waals surface area (Å²) < 4.78 is 5.25. The lowest BCUT2D eigenvalue weighted by atomic mass is 9.90. The van der Waals surface area contributed by atoms with E-state index in [1.54, 1.807) is 7.11 Å². The van der Waals surface area contributed by atoms with Crippen LogP contribution in [0, 0.1) is 5.92 Å². The summed E-state index contributed by atoms with van der Waals surface area (Å²) in [6.07, 6.45) is 2.52. The van der Waals surface area contributed by atoms with Crippen molar-refractivity contribution in [2.45, 2.75) is 25.8 Å². The standard InChI is InChI=1S/C15H23ClN2O/c1-11(12-6-8-18(2)9-7-12)17-13-4-5-14(16)15(10-13)19-3/h4-5,10-12,17H,6-9H2,1-3H3. The maximum absolute atomic E-state index is 6.04. The third-order valence-corrected chi connectivity index (χ3v) is 4.33. The lowest BCUT2D eigenvalue weighted by molar-refractivity contribution is 0.208. The molecular weight excluding hydrogens is 260 g/mol. The minimum Gasteiger partial charge on any atom is -0.495 e. The van der Waals surface area contributed by atoms with Gasteiger partial charge in [-0.1, -0.05) is 11.6 Å². The normalized spacial score (nSPS) is 19.2. The Hall–Kier alpha value is -0.930. The topological polar surface area (TPSA) is 24.5 Å². The molecule has 0 spiro atoms. The van der Waals surface area contributed by atoms with Crippen LogP contribution in [0.15, 0.2) is 18.2 Å². The number of nitrogens with one attached hydrogen (secondary N) is 1. The Balaban J connectivity index is 1.96. The van der Waals surface area contributed by atoms with E-state index in [-0.39, 0.29) is 0 Å². The molecule has 106 valence electrons. The van der Waals surface area contributed by atoms with Crippen LogP contribution in [0.4, 0.5) is 5.69 Å². The third-order valence-electron chi connectivity index (χ3n) is 4.02. The van der Waals surface area contributed by atoms with Gasteiger partial charge in [0, 0.05) is 17.8 Å². The zero-order chi connectivity index (χ0) is 13.8. The van der Waals surface area contributed by atoms with Crippen molar-refractivity contribution in [3.8, 4) is 5.75 Å². The van der Waals surface area contributed by atoms with Gasteiger partial charge in [-0.15, -0.1) is 0 Å². The van der Waals surface area contributed by atoms with E-state index in [0.29, 0.717) is 11.1 Å². The van der Waals surface area contributed by atoms with Crippen molar-refractivity contribution >= 4 is 17.3 Å². The van der Waals surface area contributed by atoms with Gasteiger partial charge in [0.15, 0.2) is 0 Å². The molecule has 0 amide bonds. The second-order valence-corrected chi connectivity index (χ2v) is 5.83. The third kappa shape index (κ3) is 3.77. The van der Waals surface area contributed by atoms with Crippen molar-refractivity contribution in [2.24, 2.45) is 5.92 Å². The van der Waals surface area contributed by atoms with E-state index in [9.17, 15) is 0 Å². The Kier molecular flexibility index (Phi) is 4.94. The fourth-order valence-corrected chi connectivity index (χ4v) is 2.85. The number of benzene rings is 1. The van der Waals surface area contributed by atoms with Crippen molar-refractivity contribution in [3.05, 3.63) is 23.2 Å². The summed E-state index contributed by atoms with van der Waals surface area (Å²) in [6, 6.07) is 6.33. The lowest BCUT2D eigenvalue weighted by Gasteiger charge is -2.33. The van der Waals surface area contributed by atoms with E-state index in [1.807, 2.05) is 18.2 Å². The molecular formula is C15H23ClN2O. The molecule has 1 atom stereocenters. The molecule has 1 aromatic carbocycles. The van der Waals surface area contributed by atoms with Crippen molar-refractivity contribution in [1.29, 1.82) is 0 Å². The molecule has 1 heterocycles. The Morgan fingerprint density at radius 3 is 2.68 bits per heavy atom. The molecule has 3 nitrogen and oxygen atoms in total. The van der Waals surface area contributed by atoms with Gasteiger partial charge in [0.2, 0.25) is 0 Å². The van der Waals surface area contributed by atoms with Crippen LogP contribution in [0.25, 0.3) is 0 Å². The van der Waals surface area contributed by atoms with Gasteiger partial charge in [-0.2, -0.15) is 0 Å². The van der Waals surface area contributed by atoms with Gasteiger partial charge in [-0.3, -0.25) is 0 Å². The van der Waals surface area contributed by atoms with Crippen molar-refractivity contribution < 1.29 is 4.74 Å². The minimum atomic E-state index is 0.472. The number of nitrogens with zero attached hydrogens (tertiary/aromatic N) is 1. The number of hydrogen-bond acceptors (Lipinski definition) is 3. The van der Waals surface area contributed by atoms with Gasteiger partial charge in [0.1, 0.15) is 5.75 Å². The number of piperidine rings is 1. The molecule has 19 heavy (non-hydrogen) atoms. The van der Waals surface area contributed by atoms with Crippen LogP contribution in [0.5, 0.6) is 5.75 Å². The number of halogens is 1. The molecule has 0 bridgehead atoms. The Labute approximate surface area is 120 Å². The lowest BCUT2D eigenvalue weighted by Crippen LogP contribution is -2.37. The molecule has 1 aromatic rings. The van der Waals surface area contributed by atoms with Crippen molar-refractivity contribution in [2.75, 3.05) is 32.6 Å². The Morgan fingerprint density at radius 1 is 1.37 bits per heavy atom. The largest absolute Gasteiger partial charge is 0.495 e. The molecule has 4 heteroatoms. The summed E-state index contributed by atoms with van der Waals surface area (Å²) >= 11 is 6.04. The van der Waals surface area contributed by atoms with Crippen LogP contribution < -0.4 is 10.1 Å². The second-order valence-electron chi connectivity index (χ2n) is 5.42. The van der Waals surface area contributed by atoms with Gasteiger partial charge in [-0.25, -0.2) is 0 Å². The van der Waals surface area contributed by atoms with E-state index < -0.39 is 0 Å². The highest BCUT2D eigenvalue weighted by atomic mass is 35.5. The first kappa shape index (κ1) is 14.5. The number of methoxy groups -OCH3 is 1. The predicted molar refractivity (Wildman–Crippen MR) is 81.3 cm³/mol. The smallest absolute Gasteiger partial charge is 0.139 e. The molecule has 0 radical (unpaired) electrons. The molecule has 0 aromatic heterocycles. The predicted octanol–water partition coefficient (Wildman–Crippen LogP) is 3.49. The molecule has 1 unspecified atom stereocenters. The number of likely N-dealkylation sites (tertiary alicyclic amines) is 1. The molecule has 0 aliphatic carbocycles. The molecule has 1 fully saturated rings. The average Bonchev–Trinajstić information content (AvgIpc) is 2.41.